The summed E-state index contributed by atoms with van der Waals surface area (Å²) in [4.78, 5) is 24.2. The van der Waals surface area contributed by atoms with Crippen molar-refractivity contribution in [3.8, 4) is 0 Å². The second-order valence-electron chi connectivity index (χ2n) is 8.01. The minimum Gasteiger partial charge on any atom is -0.335 e. The molecule has 1 amide bonds. The Bertz CT molecular complexity index is 805. The van der Waals surface area contributed by atoms with Gasteiger partial charge in [0.2, 0.25) is 5.91 Å². The largest absolute Gasteiger partial charge is 0.335 e. The summed E-state index contributed by atoms with van der Waals surface area (Å²) in [6.07, 6.45) is 5.46. The second kappa shape index (κ2) is 9.08. The van der Waals surface area contributed by atoms with Crippen LogP contribution >= 0.6 is 11.8 Å². The maximum atomic E-state index is 13.0. The molecule has 0 saturated heterocycles. The molecule has 1 aliphatic carbocycles. The Kier molecular flexibility index (Phi) is 6.76. The molecule has 0 spiro atoms. The molecule has 1 heterocycles. The van der Waals surface area contributed by atoms with Gasteiger partial charge < -0.3 is 4.90 Å². The van der Waals surface area contributed by atoms with Gasteiger partial charge in [0.05, 0.1) is 0 Å². The number of hydrogen-bond acceptors (Lipinski definition) is 4. The third-order valence-electron chi connectivity index (χ3n) is 5.48. The number of nitrogens with zero attached hydrogens (tertiary/aromatic N) is 3. The summed E-state index contributed by atoms with van der Waals surface area (Å²) in [5.74, 6) is 0.768. The van der Waals surface area contributed by atoms with Gasteiger partial charge in [-0.15, -0.1) is 0 Å². The van der Waals surface area contributed by atoms with Crippen molar-refractivity contribution in [2.24, 2.45) is 0 Å². The number of benzene rings is 1. The van der Waals surface area contributed by atoms with Crippen molar-refractivity contribution in [1.29, 1.82) is 0 Å². The standard InChI is InChI=1S/C23H31N3OS/c1-15(2)19-8-6-18(7-9-19)14-26(20-10-11-20)22(27)13-12-21-16(3)24-23(28-5)25-17(21)4/h6-9,15,20H,10-14H2,1-5H3. The van der Waals surface area contributed by atoms with Crippen LogP contribution in [0.4, 0.5) is 0 Å². The van der Waals surface area contributed by atoms with E-state index in [1.807, 2.05) is 20.1 Å². The van der Waals surface area contributed by atoms with Crippen LogP contribution in [-0.2, 0) is 17.8 Å². The molecule has 3 rings (SSSR count). The lowest BCUT2D eigenvalue weighted by Crippen LogP contribution is -2.32. The Balaban J connectivity index is 1.66. The van der Waals surface area contributed by atoms with Gasteiger partial charge in [0, 0.05) is 30.4 Å². The van der Waals surface area contributed by atoms with E-state index in [-0.39, 0.29) is 5.91 Å². The van der Waals surface area contributed by atoms with Crippen LogP contribution in [0.1, 0.15) is 67.1 Å². The first-order valence-corrected chi connectivity index (χ1v) is 11.4. The molecule has 1 aliphatic rings. The number of amides is 1. The normalized spacial score (nSPS) is 13.8. The van der Waals surface area contributed by atoms with E-state index in [1.54, 1.807) is 11.8 Å². The van der Waals surface area contributed by atoms with E-state index in [4.69, 9.17) is 0 Å². The molecule has 0 N–H and O–H groups in total. The summed E-state index contributed by atoms with van der Waals surface area (Å²) in [6, 6.07) is 9.12. The fourth-order valence-corrected chi connectivity index (χ4v) is 4.01. The van der Waals surface area contributed by atoms with Crippen LogP contribution in [0.15, 0.2) is 29.4 Å². The Morgan fingerprint density at radius 3 is 2.25 bits per heavy atom. The fraction of sp³-hybridized carbons (Fsp3) is 0.522. The number of carbonyl (C=O) groups excluding carboxylic acids is 1. The molecular weight excluding hydrogens is 366 g/mol. The number of thioether (sulfide) groups is 1. The predicted octanol–water partition coefficient (Wildman–Crippen LogP) is 5.06. The predicted molar refractivity (Wildman–Crippen MR) is 116 cm³/mol. The summed E-state index contributed by atoms with van der Waals surface area (Å²) in [7, 11) is 0. The number of rotatable bonds is 8. The van der Waals surface area contributed by atoms with Crippen LogP contribution in [0.25, 0.3) is 0 Å². The highest BCUT2D eigenvalue weighted by atomic mass is 32.2. The number of aromatic nitrogens is 2. The number of carbonyl (C=O) groups is 1. The van der Waals surface area contributed by atoms with Crippen LogP contribution < -0.4 is 0 Å². The molecule has 0 atom stereocenters. The molecule has 4 nitrogen and oxygen atoms in total. The molecule has 1 aromatic carbocycles. The molecule has 1 saturated carbocycles. The summed E-state index contributed by atoms with van der Waals surface area (Å²) < 4.78 is 0. The average Bonchev–Trinajstić information content (AvgIpc) is 3.50. The molecule has 1 aromatic heterocycles. The van der Waals surface area contributed by atoms with Crippen molar-refractivity contribution < 1.29 is 4.79 Å². The summed E-state index contributed by atoms with van der Waals surface area (Å²) >= 11 is 1.55. The lowest BCUT2D eigenvalue weighted by Gasteiger charge is -2.23. The molecule has 0 radical (unpaired) electrons. The third kappa shape index (κ3) is 5.13. The minimum atomic E-state index is 0.239. The van der Waals surface area contributed by atoms with Gasteiger partial charge in [-0.3, -0.25) is 4.79 Å². The zero-order valence-electron chi connectivity index (χ0n) is 17.7. The fourth-order valence-electron chi connectivity index (χ4n) is 3.55. The van der Waals surface area contributed by atoms with Gasteiger partial charge in [-0.2, -0.15) is 0 Å². The lowest BCUT2D eigenvalue weighted by atomic mass is 10.0. The summed E-state index contributed by atoms with van der Waals surface area (Å²) in [6.45, 7) is 9.15. The van der Waals surface area contributed by atoms with E-state index in [2.05, 4.69) is 53.0 Å². The second-order valence-corrected chi connectivity index (χ2v) is 8.78. The van der Waals surface area contributed by atoms with Crippen molar-refractivity contribution in [2.45, 2.75) is 77.0 Å². The van der Waals surface area contributed by atoms with E-state index >= 15 is 0 Å². The number of hydrogen-bond donors (Lipinski definition) is 0. The molecular formula is C23H31N3OS. The van der Waals surface area contributed by atoms with Gasteiger partial charge >= 0.3 is 0 Å². The summed E-state index contributed by atoms with van der Waals surface area (Å²) in [5.41, 5.74) is 5.65. The Labute approximate surface area is 173 Å². The smallest absolute Gasteiger partial charge is 0.223 e. The molecule has 150 valence electrons. The molecule has 5 heteroatoms. The Morgan fingerprint density at radius 2 is 1.75 bits per heavy atom. The topological polar surface area (TPSA) is 46.1 Å². The molecule has 1 fully saturated rings. The first kappa shape index (κ1) is 20.8. The van der Waals surface area contributed by atoms with Crippen LogP contribution in [0.3, 0.4) is 0 Å². The first-order chi connectivity index (χ1) is 13.4. The maximum Gasteiger partial charge on any atom is 0.223 e. The minimum absolute atomic E-state index is 0.239. The highest BCUT2D eigenvalue weighted by Crippen LogP contribution is 2.30. The van der Waals surface area contributed by atoms with E-state index in [9.17, 15) is 4.79 Å². The van der Waals surface area contributed by atoms with Crippen molar-refractivity contribution in [1.82, 2.24) is 14.9 Å². The van der Waals surface area contributed by atoms with Crippen LogP contribution in [0, 0.1) is 13.8 Å². The van der Waals surface area contributed by atoms with Crippen molar-refractivity contribution in [3.63, 3.8) is 0 Å². The zero-order valence-corrected chi connectivity index (χ0v) is 18.5. The number of aryl methyl sites for hydroxylation is 2. The van der Waals surface area contributed by atoms with Crippen molar-refractivity contribution in [2.75, 3.05) is 6.26 Å². The molecule has 0 aliphatic heterocycles. The van der Waals surface area contributed by atoms with Crippen molar-refractivity contribution >= 4 is 17.7 Å². The van der Waals surface area contributed by atoms with E-state index in [0.29, 0.717) is 31.3 Å². The van der Waals surface area contributed by atoms with Gasteiger partial charge in [0.25, 0.3) is 0 Å². The SMILES string of the molecule is CSc1nc(C)c(CCC(=O)N(Cc2ccc(C(C)C)cc2)C2CC2)c(C)n1. The monoisotopic (exact) mass is 397 g/mol. The van der Waals surface area contributed by atoms with Gasteiger partial charge in [0.1, 0.15) is 0 Å². The van der Waals surface area contributed by atoms with E-state index in [0.717, 1.165) is 34.9 Å². The maximum absolute atomic E-state index is 13.0. The third-order valence-corrected chi connectivity index (χ3v) is 6.03. The van der Waals surface area contributed by atoms with Crippen molar-refractivity contribution in [3.05, 3.63) is 52.3 Å². The average molecular weight is 398 g/mol. The first-order valence-electron chi connectivity index (χ1n) is 10.2. The van der Waals surface area contributed by atoms with Gasteiger partial charge in [-0.25, -0.2) is 9.97 Å². The van der Waals surface area contributed by atoms with Gasteiger partial charge in [-0.1, -0.05) is 49.9 Å². The molecule has 2 aromatic rings. The molecule has 28 heavy (non-hydrogen) atoms. The zero-order chi connectivity index (χ0) is 20.3. The highest BCUT2D eigenvalue weighted by Gasteiger charge is 2.32. The summed E-state index contributed by atoms with van der Waals surface area (Å²) in [5, 5.41) is 0.800. The van der Waals surface area contributed by atoms with E-state index < -0.39 is 0 Å². The quantitative estimate of drug-likeness (QED) is 0.461. The molecule has 0 unspecified atom stereocenters. The highest BCUT2D eigenvalue weighted by molar-refractivity contribution is 7.98. The Hall–Kier alpha value is -1.88. The molecule has 0 bridgehead atoms. The Morgan fingerprint density at radius 1 is 1.14 bits per heavy atom. The lowest BCUT2D eigenvalue weighted by molar-refractivity contribution is -0.132. The van der Waals surface area contributed by atoms with Gasteiger partial charge in [0.15, 0.2) is 5.16 Å². The van der Waals surface area contributed by atoms with Gasteiger partial charge in [-0.05, 0) is 62.0 Å². The van der Waals surface area contributed by atoms with Crippen LogP contribution in [-0.4, -0.2) is 33.1 Å². The van der Waals surface area contributed by atoms with Crippen LogP contribution in [0.2, 0.25) is 0 Å². The van der Waals surface area contributed by atoms with Crippen LogP contribution in [0.5, 0.6) is 0 Å². The van der Waals surface area contributed by atoms with E-state index in [1.165, 1.54) is 11.1 Å².